The minimum Gasteiger partial charge on any atom is -0.748 e. The third kappa shape index (κ3) is 4.48. The molecule has 0 atom stereocenters. The van der Waals surface area contributed by atoms with E-state index in [-0.39, 0.29) is 11.6 Å². The van der Waals surface area contributed by atoms with Gasteiger partial charge in [-0.05, 0) is 0 Å². The van der Waals surface area contributed by atoms with E-state index < -0.39 is 27.7 Å². The first-order valence-electron chi connectivity index (χ1n) is 5.61. The maximum atomic E-state index is 12.4. The molecule has 0 saturated heterocycles. The zero-order valence-electron chi connectivity index (χ0n) is 10.4. The second-order valence-corrected chi connectivity index (χ2v) is 6.50. The molecule has 114 valence electrons. The van der Waals surface area contributed by atoms with Gasteiger partial charge in [0.2, 0.25) is 0 Å². The fourth-order valence-corrected chi connectivity index (χ4v) is 2.77. The fourth-order valence-electron chi connectivity index (χ4n) is 1.50. The van der Waals surface area contributed by atoms with Crippen molar-refractivity contribution >= 4 is 21.5 Å². The summed E-state index contributed by atoms with van der Waals surface area (Å²) in [4.78, 5) is 3.51. The van der Waals surface area contributed by atoms with Crippen molar-refractivity contribution in [1.82, 2.24) is 4.98 Å². The van der Waals surface area contributed by atoms with Crippen LogP contribution in [0.4, 0.5) is 13.2 Å². The lowest BCUT2D eigenvalue weighted by Crippen LogP contribution is -2.36. The second kappa shape index (κ2) is 5.70. The molecule has 2 aromatic rings. The summed E-state index contributed by atoms with van der Waals surface area (Å²) < 4.78 is 70.3. The molecule has 0 aliphatic rings. The van der Waals surface area contributed by atoms with Gasteiger partial charge in [-0.1, -0.05) is 0 Å². The van der Waals surface area contributed by atoms with Crippen LogP contribution >= 0.6 is 11.3 Å². The van der Waals surface area contributed by atoms with Crippen LogP contribution in [0.15, 0.2) is 29.9 Å². The van der Waals surface area contributed by atoms with Crippen molar-refractivity contribution in [3.63, 3.8) is 0 Å². The lowest BCUT2D eigenvalue weighted by Gasteiger charge is -2.03. The fraction of sp³-hybridized carbons (Fsp3) is 0.273. The summed E-state index contributed by atoms with van der Waals surface area (Å²) in [5.74, 6) is -0.549. The number of aromatic nitrogens is 2. The van der Waals surface area contributed by atoms with E-state index in [1.165, 1.54) is 29.1 Å². The van der Waals surface area contributed by atoms with Crippen molar-refractivity contribution in [2.75, 3.05) is 5.75 Å². The number of alkyl halides is 3. The number of thiazole rings is 1. The van der Waals surface area contributed by atoms with Crippen LogP contribution in [0.5, 0.6) is 0 Å². The monoisotopic (exact) mass is 338 g/mol. The Morgan fingerprint density at radius 3 is 2.38 bits per heavy atom. The molecule has 0 aliphatic heterocycles. The molecule has 0 fully saturated rings. The number of halogens is 3. The standard InChI is InChI=1S/C11H9F3N2O3S2/c12-11(13,14)9-7-20-10(15-9)8-1-3-16(4-2-8)5-6-21(17,18)19/h1-4,7H,5-6H2. The van der Waals surface area contributed by atoms with E-state index in [0.29, 0.717) is 5.56 Å². The van der Waals surface area contributed by atoms with Gasteiger partial charge in [-0.15, -0.1) is 11.3 Å². The van der Waals surface area contributed by atoms with E-state index in [4.69, 9.17) is 0 Å². The Bertz CT molecular complexity index is 724. The van der Waals surface area contributed by atoms with Gasteiger partial charge in [0.25, 0.3) is 0 Å². The Balaban J connectivity index is 2.14. The van der Waals surface area contributed by atoms with E-state index in [2.05, 4.69) is 4.98 Å². The lowest BCUT2D eigenvalue weighted by atomic mass is 10.3. The molecule has 0 aromatic carbocycles. The molecule has 0 saturated carbocycles. The molecule has 0 aliphatic carbocycles. The van der Waals surface area contributed by atoms with Crippen LogP contribution in [0, 0.1) is 0 Å². The molecule has 0 bridgehead atoms. The Morgan fingerprint density at radius 1 is 1.29 bits per heavy atom. The largest absolute Gasteiger partial charge is 0.748 e. The average Bonchev–Trinajstić information content (AvgIpc) is 2.85. The van der Waals surface area contributed by atoms with E-state index in [0.717, 1.165) is 16.7 Å². The summed E-state index contributed by atoms with van der Waals surface area (Å²) in [7, 11) is -4.30. The highest BCUT2D eigenvalue weighted by Gasteiger charge is 2.33. The highest BCUT2D eigenvalue weighted by Crippen LogP contribution is 2.33. The van der Waals surface area contributed by atoms with Gasteiger partial charge in [-0.3, -0.25) is 0 Å². The average molecular weight is 338 g/mol. The third-order valence-electron chi connectivity index (χ3n) is 2.53. The number of nitrogens with zero attached hydrogens (tertiary/aromatic N) is 2. The van der Waals surface area contributed by atoms with Gasteiger partial charge in [0.15, 0.2) is 24.6 Å². The van der Waals surface area contributed by atoms with Crippen LogP contribution in [-0.2, 0) is 22.8 Å². The molecule has 0 radical (unpaired) electrons. The first kappa shape index (κ1) is 15.9. The third-order valence-corrected chi connectivity index (χ3v) is 4.11. The maximum Gasteiger partial charge on any atom is 0.434 e. The molecular formula is C11H9F3N2O3S2. The van der Waals surface area contributed by atoms with Gasteiger partial charge in [-0.25, -0.2) is 18.0 Å². The normalized spacial score (nSPS) is 12.6. The SMILES string of the molecule is O=S(=O)([O-])CC[n+]1ccc(-c2nc(C(F)(F)F)cs2)cc1. The second-order valence-electron chi connectivity index (χ2n) is 4.12. The minimum atomic E-state index is -4.48. The van der Waals surface area contributed by atoms with Crippen LogP contribution in [-0.4, -0.2) is 23.7 Å². The Morgan fingerprint density at radius 2 is 1.90 bits per heavy atom. The molecule has 5 nitrogen and oxygen atoms in total. The molecule has 2 heterocycles. The van der Waals surface area contributed by atoms with Crippen molar-refractivity contribution in [3.05, 3.63) is 35.6 Å². The van der Waals surface area contributed by atoms with Crippen LogP contribution in [0.3, 0.4) is 0 Å². The van der Waals surface area contributed by atoms with Crippen LogP contribution in [0.25, 0.3) is 10.6 Å². The summed E-state index contributed by atoms with van der Waals surface area (Å²) in [6.45, 7) is -0.0161. The molecule has 0 unspecified atom stereocenters. The molecule has 2 rings (SSSR count). The van der Waals surface area contributed by atoms with Gasteiger partial charge >= 0.3 is 6.18 Å². The molecular weight excluding hydrogens is 329 g/mol. The van der Waals surface area contributed by atoms with Crippen molar-refractivity contribution in [2.24, 2.45) is 0 Å². The first-order chi connectivity index (χ1) is 9.65. The van der Waals surface area contributed by atoms with Crippen LogP contribution in [0.2, 0.25) is 0 Å². The Hall–Kier alpha value is -1.52. The van der Waals surface area contributed by atoms with Gasteiger partial charge < -0.3 is 4.55 Å². The van der Waals surface area contributed by atoms with Crippen molar-refractivity contribution in [1.29, 1.82) is 0 Å². The zero-order chi connectivity index (χ0) is 15.7. The van der Waals surface area contributed by atoms with Gasteiger partial charge in [0.05, 0.1) is 5.75 Å². The first-order valence-corrected chi connectivity index (χ1v) is 8.06. The summed E-state index contributed by atoms with van der Waals surface area (Å²) in [6, 6.07) is 3.02. The Kier molecular flexibility index (Phi) is 4.30. The summed E-state index contributed by atoms with van der Waals surface area (Å²) in [5, 5.41) is 1.14. The molecule has 21 heavy (non-hydrogen) atoms. The molecule has 10 heteroatoms. The summed E-state index contributed by atoms with van der Waals surface area (Å²) >= 11 is 0.867. The van der Waals surface area contributed by atoms with E-state index in [1.54, 1.807) is 0 Å². The zero-order valence-corrected chi connectivity index (χ0v) is 12.0. The highest BCUT2D eigenvalue weighted by atomic mass is 32.2. The molecule has 0 amide bonds. The Labute approximate surface area is 122 Å². The predicted molar refractivity (Wildman–Crippen MR) is 67.3 cm³/mol. The van der Waals surface area contributed by atoms with E-state index in [9.17, 15) is 26.1 Å². The van der Waals surface area contributed by atoms with Crippen LogP contribution < -0.4 is 4.57 Å². The quantitative estimate of drug-likeness (QED) is 0.628. The van der Waals surface area contributed by atoms with E-state index in [1.807, 2.05) is 0 Å². The number of rotatable bonds is 4. The van der Waals surface area contributed by atoms with Gasteiger partial charge in [0, 0.05) is 23.1 Å². The van der Waals surface area contributed by atoms with Gasteiger partial charge in [0.1, 0.15) is 15.1 Å². The molecule has 2 aromatic heterocycles. The lowest BCUT2D eigenvalue weighted by molar-refractivity contribution is -0.692. The summed E-state index contributed by atoms with van der Waals surface area (Å²) in [6.07, 6.45) is -1.52. The maximum absolute atomic E-state index is 12.4. The number of hydrogen-bond donors (Lipinski definition) is 0. The van der Waals surface area contributed by atoms with Crippen molar-refractivity contribution in [3.8, 4) is 10.6 Å². The summed E-state index contributed by atoms with van der Waals surface area (Å²) in [5.41, 5.74) is -0.464. The van der Waals surface area contributed by atoms with E-state index >= 15 is 0 Å². The van der Waals surface area contributed by atoms with Gasteiger partial charge in [-0.2, -0.15) is 13.2 Å². The smallest absolute Gasteiger partial charge is 0.434 e. The van der Waals surface area contributed by atoms with Crippen molar-refractivity contribution < 1.29 is 30.7 Å². The van der Waals surface area contributed by atoms with Crippen molar-refractivity contribution in [2.45, 2.75) is 12.7 Å². The molecule has 0 N–H and O–H groups in total. The predicted octanol–water partition coefficient (Wildman–Crippen LogP) is 1.66. The number of aryl methyl sites for hydroxylation is 1. The number of pyridine rings is 1. The topological polar surface area (TPSA) is 74.0 Å². The van der Waals surface area contributed by atoms with Crippen LogP contribution in [0.1, 0.15) is 5.69 Å². The minimum absolute atomic E-state index is 0.0161. The number of hydrogen-bond acceptors (Lipinski definition) is 5. The highest BCUT2D eigenvalue weighted by molar-refractivity contribution is 7.85. The molecule has 0 spiro atoms.